The molecule has 1 unspecified atom stereocenters. The minimum absolute atomic E-state index is 0.0382. The fourth-order valence-electron chi connectivity index (χ4n) is 2.40. The Morgan fingerprint density at radius 2 is 2.07 bits per heavy atom. The van der Waals surface area contributed by atoms with Gasteiger partial charge >= 0.3 is 6.09 Å². The van der Waals surface area contributed by atoms with Gasteiger partial charge in [0.15, 0.2) is 0 Å². The number of hydrogen-bond donors (Lipinski definition) is 1. The highest BCUT2D eigenvalue weighted by Crippen LogP contribution is 2.35. The van der Waals surface area contributed by atoms with Gasteiger partial charge in [-0.25, -0.2) is 4.79 Å². The van der Waals surface area contributed by atoms with Gasteiger partial charge in [-0.05, 0) is 30.6 Å². The molecule has 1 aliphatic rings. The molecule has 0 saturated heterocycles. The lowest BCUT2D eigenvalue weighted by Gasteiger charge is -2.36. The second kappa shape index (κ2) is 4.67. The Hall–Kier alpha value is -0.730. The Bertz CT molecular complexity index is 203. The summed E-state index contributed by atoms with van der Waals surface area (Å²) < 4.78 is 5.17. The van der Waals surface area contributed by atoms with Gasteiger partial charge in [-0.3, -0.25) is 0 Å². The summed E-state index contributed by atoms with van der Waals surface area (Å²) in [6.45, 7) is 6.56. The zero-order chi connectivity index (χ0) is 10.7. The van der Waals surface area contributed by atoms with Gasteiger partial charge in [0.2, 0.25) is 0 Å². The van der Waals surface area contributed by atoms with Crippen LogP contribution in [-0.2, 0) is 4.74 Å². The minimum Gasteiger partial charge on any atom is -0.446 e. The molecule has 1 saturated carbocycles. The van der Waals surface area contributed by atoms with Crippen LogP contribution in [-0.4, -0.2) is 12.2 Å². The number of nitrogens with two attached hydrogens (primary N) is 1. The fraction of sp³-hybridized carbons (Fsp3) is 0.909. The molecule has 0 heterocycles. The number of hydrogen-bond acceptors (Lipinski definition) is 2. The lowest BCUT2D eigenvalue weighted by Crippen LogP contribution is -2.37. The number of amides is 1. The standard InChI is InChI=1S/C11H21NO2/c1-7(2)9-5-4-8(3)6-10(9)14-11(12)13/h7-10H,4-6H2,1-3H3,(H2,12,13)/t8-,9-,10?/m1/s1. The van der Waals surface area contributed by atoms with E-state index in [2.05, 4.69) is 20.8 Å². The van der Waals surface area contributed by atoms with Crippen LogP contribution in [0.5, 0.6) is 0 Å². The Labute approximate surface area is 86.0 Å². The zero-order valence-electron chi connectivity index (χ0n) is 9.32. The van der Waals surface area contributed by atoms with Crippen molar-refractivity contribution in [2.24, 2.45) is 23.5 Å². The average molecular weight is 199 g/mol. The normalized spacial score (nSPS) is 33.0. The molecule has 3 heteroatoms. The first-order chi connectivity index (χ1) is 6.50. The van der Waals surface area contributed by atoms with Gasteiger partial charge in [0, 0.05) is 0 Å². The van der Waals surface area contributed by atoms with E-state index in [1.54, 1.807) is 0 Å². The monoisotopic (exact) mass is 199 g/mol. The van der Waals surface area contributed by atoms with Gasteiger partial charge in [0.25, 0.3) is 0 Å². The molecule has 0 aromatic heterocycles. The molecule has 1 fully saturated rings. The summed E-state index contributed by atoms with van der Waals surface area (Å²) in [5.41, 5.74) is 5.07. The van der Waals surface area contributed by atoms with Crippen LogP contribution < -0.4 is 5.73 Å². The smallest absolute Gasteiger partial charge is 0.404 e. The van der Waals surface area contributed by atoms with Crippen molar-refractivity contribution in [1.29, 1.82) is 0 Å². The van der Waals surface area contributed by atoms with Gasteiger partial charge in [-0.2, -0.15) is 0 Å². The Morgan fingerprint density at radius 3 is 2.57 bits per heavy atom. The van der Waals surface area contributed by atoms with Crippen molar-refractivity contribution in [2.45, 2.75) is 46.1 Å². The molecule has 2 N–H and O–H groups in total. The van der Waals surface area contributed by atoms with Crippen molar-refractivity contribution < 1.29 is 9.53 Å². The Morgan fingerprint density at radius 1 is 1.43 bits per heavy atom. The van der Waals surface area contributed by atoms with Crippen LogP contribution in [0.4, 0.5) is 4.79 Å². The summed E-state index contributed by atoms with van der Waals surface area (Å²) in [7, 11) is 0. The highest BCUT2D eigenvalue weighted by atomic mass is 16.6. The number of carbonyl (C=O) groups is 1. The zero-order valence-corrected chi connectivity index (χ0v) is 9.32. The second-order valence-electron chi connectivity index (χ2n) is 4.80. The van der Waals surface area contributed by atoms with Crippen LogP contribution in [0.15, 0.2) is 0 Å². The molecular formula is C11H21NO2. The van der Waals surface area contributed by atoms with E-state index in [4.69, 9.17) is 10.5 Å². The SMILES string of the molecule is CC(C)[C@H]1CC[C@@H](C)CC1OC(N)=O. The van der Waals surface area contributed by atoms with Gasteiger partial charge in [0.05, 0.1) is 0 Å². The maximum atomic E-state index is 10.7. The van der Waals surface area contributed by atoms with Crippen LogP contribution in [0.2, 0.25) is 0 Å². The molecule has 1 rings (SSSR count). The maximum absolute atomic E-state index is 10.7. The molecule has 1 aliphatic carbocycles. The lowest BCUT2D eigenvalue weighted by atomic mass is 9.75. The van der Waals surface area contributed by atoms with Gasteiger partial charge in [-0.15, -0.1) is 0 Å². The first-order valence-electron chi connectivity index (χ1n) is 5.46. The lowest BCUT2D eigenvalue weighted by molar-refractivity contribution is 0.0105. The highest BCUT2D eigenvalue weighted by Gasteiger charge is 2.32. The molecule has 3 atom stereocenters. The number of primary amides is 1. The Kier molecular flexibility index (Phi) is 3.78. The minimum atomic E-state index is -0.630. The van der Waals surface area contributed by atoms with Crippen molar-refractivity contribution in [3.05, 3.63) is 0 Å². The van der Waals surface area contributed by atoms with Crippen LogP contribution in [0.3, 0.4) is 0 Å². The summed E-state index contributed by atoms with van der Waals surface area (Å²) in [6.07, 6.45) is 2.76. The predicted octanol–water partition coefficient (Wildman–Crippen LogP) is 2.54. The van der Waals surface area contributed by atoms with E-state index >= 15 is 0 Å². The summed E-state index contributed by atoms with van der Waals surface area (Å²) >= 11 is 0. The van der Waals surface area contributed by atoms with Gasteiger partial charge < -0.3 is 10.5 Å². The number of ether oxygens (including phenoxy) is 1. The van der Waals surface area contributed by atoms with E-state index in [-0.39, 0.29) is 6.10 Å². The highest BCUT2D eigenvalue weighted by molar-refractivity contribution is 5.64. The van der Waals surface area contributed by atoms with Crippen molar-refractivity contribution >= 4 is 6.09 Å². The second-order valence-corrected chi connectivity index (χ2v) is 4.80. The molecule has 0 aromatic rings. The Balaban J connectivity index is 2.58. The summed E-state index contributed by atoms with van der Waals surface area (Å²) in [5, 5.41) is 0. The average Bonchev–Trinajstić information content (AvgIpc) is 2.01. The first-order valence-corrected chi connectivity index (χ1v) is 5.46. The number of carbonyl (C=O) groups excluding carboxylic acids is 1. The van der Waals surface area contributed by atoms with Crippen molar-refractivity contribution in [3.8, 4) is 0 Å². The molecule has 0 aliphatic heterocycles. The maximum Gasteiger partial charge on any atom is 0.404 e. The van der Waals surface area contributed by atoms with Crippen molar-refractivity contribution in [1.82, 2.24) is 0 Å². The molecule has 0 aromatic carbocycles. The molecule has 82 valence electrons. The van der Waals surface area contributed by atoms with Crippen LogP contribution in [0, 0.1) is 17.8 Å². The van der Waals surface area contributed by atoms with E-state index in [0.29, 0.717) is 17.8 Å². The van der Waals surface area contributed by atoms with Crippen LogP contribution in [0.25, 0.3) is 0 Å². The molecule has 14 heavy (non-hydrogen) atoms. The third-order valence-electron chi connectivity index (χ3n) is 3.23. The topological polar surface area (TPSA) is 52.3 Å². The van der Waals surface area contributed by atoms with Gasteiger partial charge in [0.1, 0.15) is 6.10 Å². The fourth-order valence-corrected chi connectivity index (χ4v) is 2.40. The van der Waals surface area contributed by atoms with Crippen LogP contribution in [0.1, 0.15) is 40.0 Å². The van der Waals surface area contributed by atoms with E-state index in [1.165, 1.54) is 6.42 Å². The summed E-state index contributed by atoms with van der Waals surface area (Å²) in [6, 6.07) is 0. The molecule has 3 nitrogen and oxygen atoms in total. The number of rotatable bonds is 2. The van der Waals surface area contributed by atoms with E-state index < -0.39 is 6.09 Å². The molecule has 0 bridgehead atoms. The van der Waals surface area contributed by atoms with Crippen LogP contribution >= 0.6 is 0 Å². The molecule has 1 amide bonds. The van der Waals surface area contributed by atoms with E-state index in [1.807, 2.05) is 0 Å². The molecule has 0 spiro atoms. The largest absolute Gasteiger partial charge is 0.446 e. The first kappa shape index (κ1) is 11.3. The van der Waals surface area contributed by atoms with Crippen molar-refractivity contribution in [2.75, 3.05) is 0 Å². The quantitative estimate of drug-likeness (QED) is 0.743. The van der Waals surface area contributed by atoms with E-state index in [0.717, 1.165) is 12.8 Å². The van der Waals surface area contributed by atoms with Gasteiger partial charge in [-0.1, -0.05) is 27.2 Å². The summed E-state index contributed by atoms with van der Waals surface area (Å²) in [5.74, 6) is 1.69. The van der Waals surface area contributed by atoms with E-state index in [9.17, 15) is 4.79 Å². The predicted molar refractivity (Wildman–Crippen MR) is 55.8 cm³/mol. The molecule has 0 radical (unpaired) electrons. The van der Waals surface area contributed by atoms with Crippen molar-refractivity contribution in [3.63, 3.8) is 0 Å². The third kappa shape index (κ3) is 2.89. The third-order valence-corrected chi connectivity index (χ3v) is 3.23. The summed E-state index contributed by atoms with van der Waals surface area (Å²) in [4.78, 5) is 10.7. The molecular weight excluding hydrogens is 178 g/mol.